The molecule has 1 heterocycles. The Bertz CT molecular complexity index is 397. The lowest BCUT2D eigenvalue weighted by atomic mass is 10.2. The van der Waals surface area contributed by atoms with Crippen LogP contribution in [0.5, 0.6) is 0 Å². The molecule has 0 fully saturated rings. The third-order valence-electron chi connectivity index (χ3n) is 2.47. The number of hydrogen-bond donors (Lipinski definition) is 1. The van der Waals surface area contributed by atoms with Gasteiger partial charge in [-0.2, -0.15) is 0 Å². The number of ether oxygens (including phenoxy) is 4. The normalized spacial score (nSPS) is 10.5. The van der Waals surface area contributed by atoms with E-state index in [1.54, 1.807) is 19.2 Å². The third kappa shape index (κ3) is 8.96. The van der Waals surface area contributed by atoms with Crippen LogP contribution in [0.3, 0.4) is 0 Å². The Labute approximate surface area is 124 Å². The van der Waals surface area contributed by atoms with Crippen LogP contribution in [0.2, 0.25) is 0 Å². The lowest BCUT2D eigenvalue weighted by Crippen LogP contribution is -2.15. The van der Waals surface area contributed by atoms with Crippen LogP contribution in [-0.2, 0) is 30.2 Å². The Morgan fingerprint density at radius 2 is 1.76 bits per heavy atom. The van der Waals surface area contributed by atoms with Crippen LogP contribution in [0, 0.1) is 0 Å². The molecule has 0 aliphatic heterocycles. The zero-order valence-corrected chi connectivity index (χ0v) is 12.2. The molecule has 0 unspecified atom stereocenters. The van der Waals surface area contributed by atoms with Crippen molar-refractivity contribution >= 4 is 11.7 Å². The van der Waals surface area contributed by atoms with Crippen LogP contribution < -0.4 is 5.73 Å². The van der Waals surface area contributed by atoms with Crippen molar-refractivity contribution in [2.24, 2.45) is 0 Å². The second-order valence-electron chi connectivity index (χ2n) is 4.20. The smallest absolute Gasteiger partial charge is 0.311 e. The van der Waals surface area contributed by atoms with E-state index in [0.717, 1.165) is 0 Å². The predicted molar refractivity (Wildman–Crippen MR) is 76.8 cm³/mol. The number of rotatable bonds is 11. The molecule has 0 aliphatic rings. The van der Waals surface area contributed by atoms with Gasteiger partial charge in [-0.15, -0.1) is 0 Å². The Hall–Kier alpha value is -1.70. The van der Waals surface area contributed by atoms with Crippen LogP contribution in [0.4, 0.5) is 5.69 Å². The van der Waals surface area contributed by atoms with Crippen LogP contribution >= 0.6 is 0 Å². The van der Waals surface area contributed by atoms with Crippen LogP contribution in [0.1, 0.15) is 5.69 Å². The van der Waals surface area contributed by atoms with Crippen LogP contribution in [-0.4, -0.2) is 57.7 Å². The summed E-state index contributed by atoms with van der Waals surface area (Å²) >= 11 is 0. The molecule has 1 aromatic heterocycles. The summed E-state index contributed by atoms with van der Waals surface area (Å²) in [4.78, 5) is 15.5. The minimum Gasteiger partial charge on any atom is -0.463 e. The third-order valence-corrected chi connectivity index (χ3v) is 2.47. The number of methoxy groups -OCH3 is 1. The number of carbonyl (C=O) groups is 1. The molecule has 0 saturated carbocycles. The molecule has 0 bridgehead atoms. The predicted octanol–water partition coefficient (Wildman–Crippen LogP) is 0.429. The first-order valence-corrected chi connectivity index (χ1v) is 6.73. The van der Waals surface area contributed by atoms with Gasteiger partial charge in [0.05, 0.1) is 57.0 Å². The van der Waals surface area contributed by atoms with E-state index in [1.165, 1.54) is 6.20 Å². The Morgan fingerprint density at radius 3 is 2.38 bits per heavy atom. The molecule has 118 valence electrons. The zero-order valence-electron chi connectivity index (χ0n) is 12.2. The molecule has 0 aromatic carbocycles. The van der Waals surface area contributed by atoms with Crippen molar-refractivity contribution in [1.29, 1.82) is 0 Å². The Kier molecular flexibility index (Phi) is 9.10. The molecule has 7 nitrogen and oxygen atoms in total. The fraction of sp³-hybridized carbons (Fsp3) is 0.571. The van der Waals surface area contributed by atoms with E-state index in [2.05, 4.69) is 4.98 Å². The molecule has 0 spiro atoms. The van der Waals surface area contributed by atoms with Gasteiger partial charge in [0.1, 0.15) is 6.61 Å². The van der Waals surface area contributed by atoms with Gasteiger partial charge >= 0.3 is 5.97 Å². The van der Waals surface area contributed by atoms with Gasteiger partial charge in [-0.05, 0) is 12.1 Å². The number of pyridine rings is 1. The van der Waals surface area contributed by atoms with E-state index < -0.39 is 0 Å². The summed E-state index contributed by atoms with van der Waals surface area (Å²) in [6.45, 7) is 2.62. The monoisotopic (exact) mass is 298 g/mol. The number of nitrogens with two attached hydrogens (primary N) is 1. The van der Waals surface area contributed by atoms with E-state index in [4.69, 9.17) is 24.7 Å². The first-order chi connectivity index (χ1) is 10.2. The molecule has 1 rings (SSSR count). The second-order valence-corrected chi connectivity index (χ2v) is 4.20. The highest BCUT2D eigenvalue weighted by atomic mass is 16.6. The summed E-state index contributed by atoms with van der Waals surface area (Å²) in [5.41, 5.74) is 6.70. The number of anilines is 1. The van der Waals surface area contributed by atoms with Crippen molar-refractivity contribution in [3.05, 3.63) is 24.0 Å². The summed E-state index contributed by atoms with van der Waals surface area (Å²) in [5, 5.41) is 0. The lowest BCUT2D eigenvalue weighted by Gasteiger charge is -2.07. The van der Waals surface area contributed by atoms with Gasteiger partial charge < -0.3 is 24.7 Å². The second kappa shape index (κ2) is 11.0. The summed E-state index contributed by atoms with van der Waals surface area (Å²) in [5.74, 6) is -0.341. The van der Waals surface area contributed by atoms with Crippen molar-refractivity contribution in [3.63, 3.8) is 0 Å². The van der Waals surface area contributed by atoms with E-state index in [9.17, 15) is 4.79 Å². The highest BCUT2D eigenvalue weighted by Crippen LogP contribution is 2.02. The Morgan fingerprint density at radius 1 is 1.10 bits per heavy atom. The van der Waals surface area contributed by atoms with Gasteiger partial charge in [-0.3, -0.25) is 9.78 Å². The first kappa shape index (κ1) is 17.4. The van der Waals surface area contributed by atoms with Crippen molar-refractivity contribution in [1.82, 2.24) is 4.98 Å². The largest absolute Gasteiger partial charge is 0.463 e. The summed E-state index contributed by atoms with van der Waals surface area (Å²) < 4.78 is 20.3. The standard InChI is InChI=1S/C14H22N2O5/c1-18-4-5-19-6-7-20-8-9-21-14(17)10-13-3-2-12(15)11-16-13/h2-3,11H,4-10,15H2,1H3. The minimum absolute atomic E-state index is 0.125. The first-order valence-electron chi connectivity index (χ1n) is 6.73. The van der Waals surface area contributed by atoms with Crippen molar-refractivity contribution in [2.75, 3.05) is 52.5 Å². The SMILES string of the molecule is COCCOCCOCCOC(=O)Cc1ccc(N)cn1. The van der Waals surface area contributed by atoms with Crippen molar-refractivity contribution in [2.45, 2.75) is 6.42 Å². The van der Waals surface area contributed by atoms with E-state index in [-0.39, 0.29) is 19.0 Å². The summed E-state index contributed by atoms with van der Waals surface area (Å²) in [6, 6.07) is 3.40. The number of aromatic nitrogens is 1. The number of hydrogen-bond acceptors (Lipinski definition) is 7. The van der Waals surface area contributed by atoms with E-state index in [1.807, 2.05) is 0 Å². The molecule has 0 atom stereocenters. The maximum absolute atomic E-state index is 11.5. The highest BCUT2D eigenvalue weighted by molar-refractivity contribution is 5.72. The van der Waals surface area contributed by atoms with Gasteiger partial charge in [-0.25, -0.2) is 0 Å². The highest BCUT2D eigenvalue weighted by Gasteiger charge is 2.05. The summed E-state index contributed by atoms with van der Waals surface area (Å²) in [6.07, 6.45) is 1.63. The average Bonchev–Trinajstić information content (AvgIpc) is 2.48. The fourth-order valence-corrected chi connectivity index (χ4v) is 1.42. The lowest BCUT2D eigenvalue weighted by molar-refractivity contribution is -0.144. The van der Waals surface area contributed by atoms with Gasteiger partial charge in [0, 0.05) is 7.11 Å². The van der Waals surface area contributed by atoms with Gasteiger partial charge in [0.25, 0.3) is 0 Å². The van der Waals surface area contributed by atoms with Crippen molar-refractivity contribution < 1.29 is 23.7 Å². The number of carbonyl (C=O) groups excluding carboxylic acids is 1. The van der Waals surface area contributed by atoms with E-state index in [0.29, 0.717) is 44.4 Å². The molecule has 2 N–H and O–H groups in total. The molecule has 0 saturated heterocycles. The zero-order chi connectivity index (χ0) is 15.3. The van der Waals surface area contributed by atoms with Gasteiger partial charge in [0.15, 0.2) is 0 Å². The maximum Gasteiger partial charge on any atom is 0.311 e. The fourth-order valence-electron chi connectivity index (χ4n) is 1.42. The number of esters is 1. The van der Waals surface area contributed by atoms with Crippen LogP contribution in [0.15, 0.2) is 18.3 Å². The molecule has 7 heteroatoms. The molecule has 0 aliphatic carbocycles. The average molecular weight is 298 g/mol. The molecular weight excluding hydrogens is 276 g/mol. The molecule has 21 heavy (non-hydrogen) atoms. The van der Waals surface area contributed by atoms with Gasteiger partial charge in [-0.1, -0.05) is 0 Å². The van der Waals surface area contributed by atoms with E-state index >= 15 is 0 Å². The van der Waals surface area contributed by atoms with Gasteiger partial charge in [0.2, 0.25) is 0 Å². The molecule has 0 radical (unpaired) electrons. The number of nitrogen functional groups attached to an aromatic ring is 1. The minimum atomic E-state index is -0.341. The van der Waals surface area contributed by atoms with Crippen molar-refractivity contribution in [3.8, 4) is 0 Å². The molecule has 1 aromatic rings. The molecular formula is C14H22N2O5. The quantitative estimate of drug-likeness (QED) is 0.467. The number of nitrogens with zero attached hydrogens (tertiary/aromatic N) is 1. The Balaban J connectivity index is 1.97. The summed E-state index contributed by atoms with van der Waals surface area (Å²) in [7, 11) is 1.62. The topological polar surface area (TPSA) is 92.9 Å². The maximum atomic E-state index is 11.5. The van der Waals surface area contributed by atoms with Crippen LogP contribution in [0.25, 0.3) is 0 Å². The molecule has 0 amide bonds.